The van der Waals surface area contributed by atoms with Crippen LogP contribution < -0.4 is 11.1 Å². The minimum absolute atomic E-state index is 0.348. The summed E-state index contributed by atoms with van der Waals surface area (Å²) in [7, 11) is 0.711. The van der Waals surface area contributed by atoms with E-state index < -0.39 is 10.8 Å². The maximum atomic E-state index is 11.9. The highest BCUT2D eigenvalue weighted by molar-refractivity contribution is 7.90. The molecule has 1 saturated heterocycles. The van der Waals surface area contributed by atoms with Crippen LogP contribution in [0.4, 0.5) is 0 Å². The summed E-state index contributed by atoms with van der Waals surface area (Å²) >= 11 is 0. The van der Waals surface area contributed by atoms with Crippen molar-refractivity contribution in [2.75, 3.05) is 26.0 Å². The molecule has 5 nitrogen and oxygen atoms in total. The lowest BCUT2D eigenvalue weighted by molar-refractivity contribution is 0.0825. The van der Waals surface area contributed by atoms with Crippen molar-refractivity contribution < 1.29 is 8.95 Å². The van der Waals surface area contributed by atoms with Crippen LogP contribution in [0.25, 0.3) is 0 Å². The summed E-state index contributed by atoms with van der Waals surface area (Å²) in [6.07, 6.45) is 2.62. The second-order valence-electron chi connectivity index (χ2n) is 4.26. The first-order valence-electron chi connectivity index (χ1n) is 5.91. The largest absolute Gasteiger partial charge is 0.401 e. The van der Waals surface area contributed by atoms with Gasteiger partial charge in [0, 0.05) is 44.2 Å². The van der Waals surface area contributed by atoms with E-state index in [1.165, 1.54) is 0 Å². The number of nitrogens with two attached hydrogens (primary N) is 1. The second kappa shape index (κ2) is 5.64. The van der Waals surface area contributed by atoms with Crippen molar-refractivity contribution in [2.45, 2.75) is 25.3 Å². The number of rotatable bonds is 2. The molecule has 96 valence electrons. The van der Waals surface area contributed by atoms with E-state index >= 15 is 0 Å². The van der Waals surface area contributed by atoms with Gasteiger partial charge in [-0.2, -0.15) is 0 Å². The molecular formula is C11H19N3O2S. The predicted molar refractivity (Wildman–Crippen MR) is 69.2 cm³/mol. The van der Waals surface area contributed by atoms with Crippen LogP contribution in [0.1, 0.15) is 19.3 Å². The van der Waals surface area contributed by atoms with Crippen molar-refractivity contribution in [1.29, 1.82) is 0 Å². The van der Waals surface area contributed by atoms with E-state index in [9.17, 15) is 4.21 Å². The van der Waals surface area contributed by atoms with Crippen LogP contribution in [-0.4, -0.2) is 42.1 Å². The Hall–Kier alpha value is -0.880. The molecule has 0 spiro atoms. The number of allylic oxidation sites excluding steroid dienone is 1. The van der Waals surface area contributed by atoms with Gasteiger partial charge < -0.3 is 15.8 Å². The first kappa shape index (κ1) is 12.6. The molecule has 0 aromatic rings. The van der Waals surface area contributed by atoms with Crippen molar-refractivity contribution >= 4 is 16.6 Å². The van der Waals surface area contributed by atoms with E-state index in [0.717, 1.165) is 26.1 Å². The third kappa shape index (κ3) is 2.87. The molecule has 1 fully saturated rings. The standard InChI is InChI=1S/C11H19N3O2S/c1-13-11(10-9(12)4-7-17(10)15)14-8-2-5-16-6-3-8/h8H,2-7,12H2,1H3,(H,13,14). The van der Waals surface area contributed by atoms with Crippen molar-refractivity contribution in [3.8, 4) is 0 Å². The predicted octanol–water partition coefficient (Wildman–Crippen LogP) is 0.106. The molecule has 1 unspecified atom stereocenters. The minimum atomic E-state index is -0.995. The maximum absolute atomic E-state index is 11.9. The van der Waals surface area contributed by atoms with E-state index in [1.54, 1.807) is 7.05 Å². The monoisotopic (exact) mass is 257 g/mol. The van der Waals surface area contributed by atoms with E-state index in [2.05, 4.69) is 10.3 Å². The van der Waals surface area contributed by atoms with Gasteiger partial charge in [0.1, 0.15) is 5.84 Å². The Kier molecular flexibility index (Phi) is 4.17. The topological polar surface area (TPSA) is 76.7 Å². The zero-order chi connectivity index (χ0) is 12.3. The Morgan fingerprint density at radius 1 is 1.53 bits per heavy atom. The lowest BCUT2D eigenvalue weighted by atomic mass is 10.1. The Morgan fingerprint density at radius 2 is 2.24 bits per heavy atom. The number of nitrogens with zero attached hydrogens (tertiary/aromatic N) is 1. The average Bonchev–Trinajstić information content (AvgIpc) is 2.68. The summed E-state index contributed by atoms with van der Waals surface area (Å²) in [5.41, 5.74) is 6.60. The molecule has 0 radical (unpaired) electrons. The van der Waals surface area contributed by atoms with Gasteiger partial charge in [0.15, 0.2) is 0 Å². The zero-order valence-electron chi connectivity index (χ0n) is 10.1. The summed E-state index contributed by atoms with van der Waals surface area (Å²) in [5, 5.41) is 3.35. The molecule has 2 rings (SSSR count). The Balaban J connectivity index is 2.06. The van der Waals surface area contributed by atoms with Gasteiger partial charge in [-0.05, 0) is 12.8 Å². The first-order valence-corrected chi connectivity index (χ1v) is 7.22. The van der Waals surface area contributed by atoms with E-state index in [1.807, 2.05) is 0 Å². The smallest absolute Gasteiger partial charge is 0.139 e. The lowest BCUT2D eigenvalue weighted by Crippen LogP contribution is -2.40. The Morgan fingerprint density at radius 3 is 2.76 bits per heavy atom. The highest BCUT2D eigenvalue weighted by Gasteiger charge is 2.26. The van der Waals surface area contributed by atoms with Gasteiger partial charge in [0.2, 0.25) is 0 Å². The van der Waals surface area contributed by atoms with Gasteiger partial charge in [-0.1, -0.05) is 0 Å². The molecule has 17 heavy (non-hydrogen) atoms. The summed E-state index contributed by atoms with van der Waals surface area (Å²) in [6, 6.07) is 0.348. The van der Waals surface area contributed by atoms with Crippen LogP contribution in [0.3, 0.4) is 0 Å². The van der Waals surface area contributed by atoms with E-state index in [0.29, 0.717) is 34.7 Å². The zero-order valence-corrected chi connectivity index (χ0v) is 10.9. The van der Waals surface area contributed by atoms with Crippen LogP contribution in [-0.2, 0) is 15.5 Å². The van der Waals surface area contributed by atoms with Crippen LogP contribution >= 0.6 is 0 Å². The molecule has 0 amide bonds. The van der Waals surface area contributed by atoms with Crippen molar-refractivity contribution in [2.24, 2.45) is 10.7 Å². The SMILES string of the molecule is CN=C(NC1CCOCC1)C1=C(N)CCS1=O. The number of aliphatic imine (C=N–C) groups is 1. The molecule has 1 atom stereocenters. The normalized spacial score (nSPS) is 27.6. The fourth-order valence-electron chi connectivity index (χ4n) is 2.09. The van der Waals surface area contributed by atoms with Crippen molar-refractivity contribution in [3.63, 3.8) is 0 Å². The molecule has 0 saturated carbocycles. The molecule has 2 aliphatic heterocycles. The van der Waals surface area contributed by atoms with E-state index in [-0.39, 0.29) is 0 Å². The summed E-state index contributed by atoms with van der Waals surface area (Å²) in [4.78, 5) is 4.91. The van der Waals surface area contributed by atoms with E-state index in [4.69, 9.17) is 10.5 Å². The minimum Gasteiger partial charge on any atom is -0.401 e. The number of ether oxygens (including phenoxy) is 1. The highest BCUT2D eigenvalue weighted by Crippen LogP contribution is 2.20. The van der Waals surface area contributed by atoms with Crippen LogP contribution in [0.2, 0.25) is 0 Å². The average molecular weight is 257 g/mol. The summed E-state index contributed by atoms with van der Waals surface area (Å²) in [6.45, 7) is 1.54. The van der Waals surface area contributed by atoms with Crippen molar-refractivity contribution in [1.82, 2.24) is 5.32 Å². The molecule has 2 heterocycles. The van der Waals surface area contributed by atoms with Crippen LogP contribution in [0.5, 0.6) is 0 Å². The van der Waals surface area contributed by atoms with Crippen LogP contribution in [0.15, 0.2) is 15.6 Å². The number of hydrogen-bond donors (Lipinski definition) is 2. The fraction of sp³-hybridized carbons (Fsp3) is 0.727. The van der Waals surface area contributed by atoms with Crippen molar-refractivity contribution in [3.05, 3.63) is 10.6 Å². The molecular weight excluding hydrogens is 238 g/mol. The van der Waals surface area contributed by atoms with Gasteiger partial charge in [-0.25, -0.2) is 0 Å². The quantitative estimate of drug-likeness (QED) is 0.543. The van der Waals surface area contributed by atoms with Gasteiger partial charge in [-0.3, -0.25) is 9.20 Å². The molecule has 6 heteroatoms. The molecule has 0 bridgehead atoms. The van der Waals surface area contributed by atoms with Gasteiger partial charge in [0.05, 0.1) is 15.7 Å². The Bertz CT molecular complexity index is 373. The number of nitrogens with one attached hydrogen (secondary N) is 1. The molecule has 0 aliphatic carbocycles. The van der Waals surface area contributed by atoms with Crippen LogP contribution in [0, 0.1) is 0 Å². The molecule has 0 aromatic heterocycles. The third-order valence-electron chi connectivity index (χ3n) is 3.08. The summed E-state index contributed by atoms with van der Waals surface area (Å²) in [5.74, 6) is 1.32. The van der Waals surface area contributed by atoms with Gasteiger partial charge >= 0.3 is 0 Å². The first-order chi connectivity index (χ1) is 8.22. The molecule has 3 N–H and O–H groups in total. The maximum Gasteiger partial charge on any atom is 0.139 e. The van der Waals surface area contributed by atoms with Gasteiger partial charge in [0.25, 0.3) is 0 Å². The van der Waals surface area contributed by atoms with Gasteiger partial charge in [-0.15, -0.1) is 0 Å². The highest BCUT2D eigenvalue weighted by atomic mass is 32.2. The number of amidine groups is 1. The molecule has 0 aromatic carbocycles. The third-order valence-corrected chi connectivity index (χ3v) is 4.56. The fourth-order valence-corrected chi connectivity index (χ4v) is 3.46. The Labute approximate surface area is 104 Å². The molecule has 2 aliphatic rings. The second-order valence-corrected chi connectivity index (χ2v) is 5.76. The summed E-state index contributed by atoms with van der Waals surface area (Å²) < 4.78 is 17.2. The number of hydrogen-bond acceptors (Lipinski definition) is 4. The lowest BCUT2D eigenvalue weighted by Gasteiger charge is -2.25.